The topological polar surface area (TPSA) is 6.48 Å². The molecule has 16 aromatic rings. The summed E-state index contributed by atoms with van der Waals surface area (Å²) in [6.45, 7) is 79.8. The molecule has 144 heavy (non-hydrogen) atoms. The van der Waals surface area contributed by atoms with Crippen LogP contribution in [0.1, 0.15) is 313 Å². The minimum Gasteiger partial charge on any atom is -0.310 e. The first kappa shape index (κ1) is 103. The predicted octanol–water partition coefficient (Wildman–Crippen LogP) is 41.2. The van der Waals surface area contributed by atoms with Crippen LogP contribution in [0.15, 0.2) is 340 Å². The van der Waals surface area contributed by atoms with Gasteiger partial charge >= 0.3 is 0 Å². The van der Waals surface area contributed by atoms with Gasteiger partial charge in [-0.3, -0.25) is 0 Å². The van der Waals surface area contributed by atoms with E-state index in [1.807, 2.05) is 0 Å². The molecule has 0 bridgehead atoms. The average molecular weight is 1890 g/mol. The summed E-state index contributed by atoms with van der Waals surface area (Å²) in [6, 6.07) is 131. The lowest BCUT2D eigenvalue weighted by molar-refractivity contribution is 0.568. The van der Waals surface area contributed by atoms with Crippen molar-refractivity contribution in [2.24, 2.45) is 0 Å². The summed E-state index contributed by atoms with van der Waals surface area (Å²) >= 11 is 0. The average Bonchev–Trinajstić information content (AvgIpc) is 1.57. The second kappa shape index (κ2) is 37.3. The maximum absolute atomic E-state index is 2.51. The molecule has 2 nitrogen and oxygen atoms in total. The Labute approximate surface area is 867 Å². The number of benzene rings is 16. The van der Waals surface area contributed by atoms with Crippen molar-refractivity contribution < 1.29 is 0 Å². The van der Waals surface area contributed by atoms with E-state index in [-0.39, 0.29) is 65.0 Å². The first-order valence-corrected chi connectivity index (χ1v) is 52.8. The second-order valence-electron chi connectivity index (χ2n) is 53.1. The molecule has 0 spiro atoms. The smallest absolute Gasteiger partial charge is 0.0470 e. The molecule has 0 saturated heterocycles. The van der Waals surface area contributed by atoms with E-state index in [1.165, 1.54) is 189 Å². The summed E-state index contributed by atoms with van der Waals surface area (Å²) in [7, 11) is 0. The zero-order valence-electron chi connectivity index (χ0n) is 93.2. The van der Waals surface area contributed by atoms with Gasteiger partial charge in [-0.15, -0.1) is 0 Å². The Kier molecular flexibility index (Phi) is 26.6. The standard InChI is InChI=1S/2C71H79N/c1-66(2,3)54-34-48(32-50(36-54)52-38-56(68(7,8)9)43-57(39-52)69(10,11)12)49-33-51(37-55(35-49)67(4,5)6)53-40-58(70(13,14)15)44-61(42-53)72(59-27-23-26-47(41-59)46-24-19-18-20-25-46)60-30-31-63-62-28-21-22-29-64(62)71(16,17)65(63)45-60;1-66(2,3)54-35-48(33-50(37-54)52-39-56(68(7,8)9)43-57(40-52)69(10,11)12)49-34-51(38-55(36-49)67(4,5)6)53-41-58(70(13,14)15)44-61(42-53)72(59-29-27-47(28-30-59)46-23-19-18-20-24-46)60-31-32-63-62-25-21-22-26-64(62)71(16,17)65(63)45-60/h2*18-45H,1-17H3. The molecule has 2 aliphatic carbocycles. The fourth-order valence-electron chi connectivity index (χ4n) is 21.0. The van der Waals surface area contributed by atoms with E-state index in [0.717, 1.165) is 34.1 Å². The molecule has 2 heteroatoms. The van der Waals surface area contributed by atoms with Gasteiger partial charge in [-0.2, -0.15) is 0 Å². The largest absolute Gasteiger partial charge is 0.310 e. The number of hydrogen-bond donors (Lipinski definition) is 0. The number of nitrogens with zero attached hydrogens (tertiary/aromatic N) is 2. The van der Waals surface area contributed by atoms with Gasteiger partial charge in [0.25, 0.3) is 0 Å². The van der Waals surface area contributed by atoms with Crippen LogP contribution in [0, 0.1) is 0 Å². The summed E-state index contributed by atoms with van der Waals surface area (Å²) < 4.78 is 0. The molecule has 0 radical (unpaired) electrons. The van der Waals surface area contributed by atoms with Gasteiger partial charge in [0.05, 0.1) is 0 Å². The molecule has 0 heterocycles. The lowest BCUT2D eigenvalue weighted by Gasteiger charge is -2.31. The highest BCUT2D eigenvalue weighted by atomic mass is 15.1. The van der Waals surface area contributed by atoms with Gasteiger partial charge in [0.1, 0.15) is 0 Å². The van der Waals surface area contributed by atoms with Gasteiger partial charge in [0.15, 0.2) is 0 Å². The van der Waals surface area contributed by atoms with Gasteiger partial charge in [-0.1, -0.05) is 478 Å². The summed E-state index contributed by atoms with van der Waals surface area (Å²) in [5, 5.41) is 0. The van der Waals surface area contributed by atoms with Crippen LogP contribution in [0.5, 0.6) is 0 Å². The lowest BCUT2D eigenvalue weighted by Crippen LogP contribution is -2.17. The minimum atomic E-state index is -0.143. The Morgan fingerprint density at radius 1 is 0.132 bits per heavy atom. The molecule has 18 rings (SSSR count). The van der Waals surface area contributed by atoms with Crippen LogP contribution in [0.25, 0.3) is 111 Å². The summed E-state index contributed by atoms with van der Waals surface area (Å²) in [4.78, 5) is 5.01. The number of rotatable bonds is 14. The van der Waals surface area contributed by atoms with Crippen LogP contribution in [0.3, 0.4) is 0 Å². The monoisotopic (exact) mass is 1890 g/mol. The van der Waals surface area contributed by atoms with E-state index in [2.05, 4.69) is 585 Å². The van der Waals surface area contributed by atoms with Crippen molar-refractivity contribution in [2.75, 3.05) is 9.80 Å². The molecule has 16 aromatic carbocycles. The molecular weight excluding hydrogens is 1730 g/mol. The normalized spacial score (nSPS) is 13.7. The van der Waals surface area contributed by atoms with E-state index in [4.69, 9.17) is 0 Å². The van der Waals surface area contributed by atoms with Crippen LogP contribution in [0.4, 0.5) is 34.1 Å². The molecule has 0 aromatic heterocycles. The Morgan fingerprint density at radius 3 is 0.625 bits per heavy atom. The molecule has 0 fully saturated rings. The molecule has 0 saturated carbocycles. The summed E-state index contributed by atoms with van der Waals surface area (Å²) in [5.41, 5.74) is 50.0. The van der Waals surface area contributed by atoms with Crippen molar-refractivity contribution in [1.82, 2.24) is 0 Å². The van der Waals surface area contributed by atoms with E-state index in [9.17, 15) is 0 Å². The Bertz CT molecular complexity index is 7460. The van der Waals surface area contributed by atoms with Crippen LogP contribution in [0.2, 0.25) is 0 Å². The van der Waals surface area contributed by atoms with Crippen molar-refractivity contribution in [3.63, 3.8) is 0 Å². The second-order valence-corrected chi connectivity index (χ2v) is 53.1. The first-order chi connectivity index (χ1) is 67.1. The van der Waals surface area contributed by atoms with Gasteiger partial charge in [0.2, 0.25) is 0 Å². The third kappa shape index (κ3) is 21.3. The zero-order chi connectivity index (χ0) is 104. The van der Waals surface area contributed by atoms with Gasteiger partial charge in [-0.25, -0.2) is 0 Å². The molecular formula is C142H158N2. The molecule has 0 atom stereocenters. The third-order valence-corrected chi connectivity index (χ3v) is 30.7. The van der Waals surface area contributed by atoms with Crippen molar-refractivity contribution in [1.29, 1.82) is 0 Å². The molecule has 0 aliphatic heterocycles. The van der Waals surface area contributed by atoms with E-state index in [1.54, 1.807) is 0 Å². The Morgan fingerprint density at radius 2 is 0.333 bits per heavy atom. The fraction of sp³-hybridized carbons (Fsp3) is 0.324. The van der Waals surface area contributed by atoms with Crippen LogP contribution in [-0.2, 0) is 65.0 Å². The lowest BCUT2D eigenvalue weighted by atomic mass is 9.77. The van der Waals surface area contributed by atoms with Crippen LogP contribution < -0.4 is 9.80 Å². The highest BCUT2D eigenvalue weighted by molar-refractivity contribution is 5.92. The summed E-state index contributed by atoms with van der Waals surface area (Å²) in [5.74, 6) is 0. The van der Waals surface area contributed by atoms with E-state index < -0.39 is 0 Å². The van der Waals surface area contributed by atoms with Crippen molar-refractivity contribution in [3.8, 4) is 111 Å². The predicted molar refractivity (Wildman–Crippen MR) is 628 cm³/mol. The van der Waals surface area contributed by atoms with Crippen molar-refractivity contribution in [3.05, 3.63) is 418 Å². The summed E-state index contributed by atoms with van der Waals surface area (Å²) in [6.07, 6.45) is 0. The maximum atomic E-state index is 2.51. The SMILES string of the molecule is CC(C)(C)c1cc(-c2cc(-c3cc(C(C)(C)C)cc(C(C)(C)C)c3)cc(C(C)(C)C)c2)cc(-c2cc(N(c3ccc(-c4ccccc4)cc3)c3ccc4c(c3)C(C)(C)c3ccccc3-4)cc(C(C)(C)C)c2)c1.CC(C)(C)c1cc(-c2cc(-c3cc(C(C)(C)C)cc(C(C)(C)C)c3)cc(C(C)(C)C)c2)cc(-c2cc(N(c3cccc(-c4ccccc4)c3)c3ccc4c(c3)C(C)(C)c3ccccc3-4)cc(C(C)(C)C)c2)c1. The van der Waals surface area contributed by atoms with Crippen LogP contribution in [-0.4, -0.2) is 0 Å². The number of fused-ring (bicyclic) bond motifs is 6. The van der Waals surface area contributed by atoms with Gasteiger partial charge in [0, 0.05) is 45.0 Å². The zero-order valence-corrected chi connectivity index (χ0v) is 93.2. The van der Waals surface area contributed by atoms with Crippen LogP contribution >= 0.6 is 0 Å². The van der Waals surface area contributed by atoms with E-state index in [0.29, 0.717) is 0 Å². The Balaban J connectivity index is 0.000000198. The molecule has 0 N–H and O–H groups in total. The van der Waals surface area contributed by atoms with Crippen molar-refractivity contribution in [2.45, 2.75) is 300 Å². The highest BCUT2D eigenvalue weighted by Crippen LogP contribution is 2.56. The maximum Gasteiger partial charge on any atom is 0.0470 e. The quantitative estimate of drug-likeness (QED) is 0.107. The van der Waals surface area contributed by atoms with E-state index >= 15 is 0 Å². The number of hydrogen-bond acceptors (Lipinski definition) is 2. The first-order valence-electron chi connectivity index (χ1n) is 52.8. The number of anilines is 6. The molecule has 736 valence electrons. The molecule has 0 unspecified atom stereocenters. The highest BCUT2D eigenvalue weighted by Gasteiger charge is 2.40. The third-order valence-electron chi connectivity index (χ3n) is 30.7. The van der Waals surface area contributed by atoms with Gasteiger partial charge in [-0.05, 0) is 340 Å². The van der Waals surface area contributed by atoms with Crippen molar-refractivity contribution >= 4 is 34.1 Å². The minimum absolute atomic E-state index is 0.0140. The fourth-order valence-corrected chi connectivity index (χ4v) is 21.0. The molecule has 0 amide bonds. The Hall–Kier alpha value is -12.9. The van der Waals surface area contributed by atoms with Gasteiger partial charge < -0.3 is 9.80 Å². The molecule has 2 aliphatic rings.